The van der Waals surface area contributed by atoms with E-state index in [1.165, 1.54) is 25.7 Å². The average molecular weight is 234 g/mol. The topological polar surface area (TPSA) is 66.6 Å². The number of carboxylic acids is 1. The zero-order valence-electron chi connectivity index (χ0n) is 10.0. The van der Waals surface area contributed by atoms with Crippen molar-refractivity contribution in [3.63, 3.8) is 0 Å². The number of carboxylic acid groups (broad SMARTS) is 1. The number of benzene rings is 1. The number of carbonyl (C=O) groups is 1. The lowest BCUT2D eigenvalue weighted by atomic mass is 10.1. The monoisotopic (exact) mass is 234 g/mol. The molecule has 0 saturated heterocycles. The summed E-state index contributed by atoms with van der Waals surface area (Å²) in [5.74, 6) is -0.974. The Labute approximate surface area is 101 Å². The summed E-state index contributed by atoms with van der Waals surface area (Å²) in [5, 5.41) is 8.91. The third-order valence-electron chi connectivity index (χ3n) is 3.55. The van der Waals surface area contributed by atoms with Gasteiger partial charge in [0.25, 0.3) is 0 Å². The fourth-order valence-electron chi connectivity index (χ4n) is 2.47. The van der Waals surface area contributed by atoms with Crippen LogP contribution in [0.4, 0.5) is 11.4 Å². The van der Waals surface area contributed by atoms with E-state index in [2.05, 4.69) is 4.90 Å². The molecule has 1 fully saturated rings. The van der Waals surface area contributed by atoms with Gasteiger partial charge < -0.3 is 15.7 Å². The quantitative estimate of drug-likeness (QED) is 0.788. The van der Waals surface area contributed by atoms with Gasteiger partial charge in [-0.05, 0) is 31.0 Å². The SMILES string of the molecule is CN(c1ccc(C(=O)O)c(N)c1)C1CCCC1. The van der Waals surface area contributed by atoms with E-state index in [9.17, 15) is 4.79 Å². The highest BCUT2D eigenvalue weighted by Crippen LogP contribution is 2.28. The van der Waals surface area contributed by atoms with Crippen LogP contribution in [-0.2, 0) is 0 Å². The largest absolute Gasteiger partial charge is 0.478 e. The molecular formula is C13H18N2O2. The summed E-state index contributed by atoms with van der Waals surface area (Å²) in [5.41, 5.74) is 7.26. The number of hydrogen-bond acceptors (Lipinski definition) is 3. The lowest BCUT2D eigenvalue weighted by Gasteiger charge is -2.27. The Morgan fingerprint density at radius 2 is 2.06 bits per heavy atom. The van der Waals surface area contributed by atoms with E-state index < -0.39 is 5.97 Å². The molecule has 0 aliphatic heterocycles. The number of aromatic carboxylic acids is 1. The van der Waals surface area contributed by atoms with Crippen molar-refractivity contribution < 1.29 is 9.90 Å². The normalized spacial score (nSPS) is 16.1. The van der Waals surface area contributed by atoms with Crippen molar-refractivity contribution in [2.24, 2.45) is 0 Å². The van der Waals surface area contributed by atoms with Crippen LogP contribution in [0, 0.1) is 0 Å². The number of nitrogens with two attached hydrogens (primary N) is 1. The molecule has 1 aromatic rings. The zero-order chi connectivity index (χ0) is 12.4. The molecule has 1 saturated carbocycles. The van der Waals surface area contributed by atoms with Gasteiger partial charge in [0.2, 0.25) is 0 Å². The van der Waals surface area contributed by atoms with Crippen LogP contribution in [-0.4, -0.2) is 24.2 Å². The number of nitrogens with zero attached hydrogens (tertiary/aromatic N) is 1. The summed E-state index contributed by atoms with van der Waals surface area (Å²) in [7, 11) is 2.05. The van der Waals surface area contributed by atoms with Gasteiger partial charge in [-0.1, -0.05) is 12.8 Å². The molecule has 0 heterocycles. The molecule has 17 heavy (non-hydrogen) atoms. The van der Waals surface area contributed by atoms with E-state index in [1.54, 1.807) is 12.1 Å². The highest BCUT2D eigenvalue weighted by molar-refractivity contribution is 5.94. The third kappa shape index (κ3) is 2.35. The molecule has 1 aliphatic rings. The fraction of sp³-hybridized carbons (Fsp3) is 0.462. The minimum absolute atomic E-state index is 0.175. The van der Waals surface area contributed by atoms with Crippen molar-refractivity contribution in [1.82, 2.24) is 0 Å². The number of nitrogen functional groups attached to an aromatic ring is 1. The van der Waals surface area contributed by atoms with Crippen LogP contribution >= 0.6 is 0 Å². The first-order chi connectivity index (χ1) is 8.09. The van der Waals surface area contributed by atoms with Gasteiger partial charge in [-0.2, -0.15) is 0 Å². The first kappa shape index (κ1) is 11.8. The summed E-state index contributed by atoms with van der Waals surface area (Å²) in [6.45, 7) is 0. The van der Waals surface area contributed by atoms with Crippen LogP contribution in [0.1, 0.15) is 36.0 Å². The molecule has 92 valence electrons. The molecule has 4 nitrogen and oxygen atoms in total. The predicted octanol–water partition coefficient (Wildman–Crippen LogP) is 2.35. The first-order valence-electron chi connectivity index (χ1n) is 5.95. The molecule has 1 aromatic carbocycles. The van der Waals surface area contributed by atoms with Gasteiger partial charge in [0.15, 0.2) is 0 Å². The van der Waals surface area contributed by atoms with E-state index >= 15 is 0 Å². The second-order valence-corrected chi connectivity index (χ2v) is 4.63. The van der Waals surface area contributed by atoms with Crippen molar-refractivity contribution >= 4 is 17.3 Å². The van der Waals surface area contributed by atoms with Gasteiger partial charge in [-0.3, -0.25) is 0 Å². The van der Waals surface area contributed by atoms with Gasteiger partial charge in [0.1, 0.15) is 0 Å². The Hall–Kier alpha value is -1.71. The second kappa shape index (κ2) is 4.65. The van der Waals surface area contributed by atoms with Crippen LogP contribution < -0.4 is 10.6 Å². The Morgan fingerprint density at radius 3 is 2.59 bits per heavy atom. The van der Waals surface area contributed by atoms with Gasteiger partial charge in [0, 0.05) is 24.5 Å². The molecule has 0 unspecified atom stereocenters. The van der Waals surface area contributed by atoms with Crippen LogP contribution in [0.25, 0.3) is 0 Å². The first-order valence-corrected chi connectivity index (χ1v) is 5.95. The molecule has 0 atom stereocenters. The maximum absolute atomic E-state index is 10.9. The molecule has 0 aromatic heterocycles. The van der Waals surface area contributed by atoms with E-state index in [1.807, 2.05) is 13.1 Å². The molecule has 0 amide bonds. The van der Waals surface area contributed by atoms with Crippen molar-refractivity contribution in [2.75, 3.05) is 17.7 Å². The Kier molecular flexibility index (Phi) is 3.22. The Balaban J connectivity index is 2.21. The van der Waals surface area contributed by atoms with Crippen LogP contribution in [0.3, 0.4) is 0 Å². The highest BCUT2D eigenvalue weighted by atomic mass is 16.4. The van der Waals surface area contributed by atoms with E-state index in [0.717, 1.165) is 5.69 Å². The summed E-state index contributed by atoms with van der Waals surface area (Å²) in [4.78, 5) is 13.1. The number of anilines is 2. The summed E-state index contributed by atoms with van der Waals surface area (Å²) in [6, 6.07) is 5.73. The molecule has 0 radical (unpaired) electrons. The summed E-state index contributed by atoms with van der Waals surface area (Å²) < 4.78 is 0. The fourth-order valence-corrected chi connectivity index (χ4v) is 2.47. The van der Waals surface area contributed by atoms with Gasteiger partial charge in [-0.25, -0.2) is 4.79 Å². The summed E-state index contributed by atoms with van der Waals surface area (Å²) >= 11 is 0. The van der Waals surface area contributed by atoms with E-state index in [-0.39, 0.29) is 5.56 Å². The lowest BCUT2D eigenvalue weighted by molar-refractivity contribution is 0.0698. The second-order valence-electron chi connectivity index (χ2n) is 4.63. The zero-order valence-corrected chi connectivity index (χ0v) is 10.0. The number of rotatable bonds is 3. The molecule has 0 spiro atoms. The van der Waals surface area contributed by atoms with Gasteiger partial charge >= 0.3 is 5.97 Å². The molecule has 4 heteroatoms. The van der Waals surface area contributed by atoms with E-state index in [0.29, 0.717) is 11.7 Å². The van der Waals surface area contributed by atoms with Crippen LogP contribution in [0.2, 0.25) is 0 Å². The lowest BCUT2D eigenvalue weighted by Crippen LogP contribution is -2.28. The summed E-state index contributed by atoms with van der Waals surface area (Å²) in [6.07, 6.45) is 4.96. The van der Waals surface area contributed by atoms with Gasteiger partial charge in [0.05, 0.1) is 5.56 Å². The maximum Gasteiger partial charge on any atom is 0.337 e. The van der Waals surface area contributed by atoms with Crippen LogP contribution in [0.15, 0.2) is 18.2 Å². The average Bonchev–Trinajstić information content (AvgIpc) is 2.80. The molecular weight excluding hydrogens is 216 g/mol. The molecule has 3 N–H and O–H groups in total. The van der Waals surface area contributed by atoms with Crippen LogP contribution in [0.5, 0.6) is 0 Å². The van der Waals surface area contributed by atoms with Crippen molar-refractivity contribution in [3.8, 4) is 0 Å². The predicted molar refractivity (Wildman–Crippen MR) is 68.5 cm³/mol. The molecule has 2 rings (SSSR count). The smallest absolute Gasteiger partial charge is 0.337 e. The van der Waals surface area contributed by atoms with Crippen molar-refractivity contribution in [2.45, 2.75) is 31.7 Å². The molecule has 0 bridgehead atoms. The highest BCUT2D eigenvalue weighted by Gasteiger charge is 2.20. The van der Waals surface area contributed by atoms with Crippen molar-refractivity contribution in [1.29, 1.82) is 0 Å². The Morgan fingerprint density at radius 1 is 1.41 bits per heavy atom. The minimum atomic E-state index is -0.974. The third-order valence-corrected chi connectivity index (χ3v) is 3.55. The maximum atomic E-state index is 10.9. The Bertz CT molecular complexity index is 425. The minimum Gasteiger partial charge on any atom is -0.478 e. The van der Waals surface area contributed by atoms with Gasteiger partial charge in [-0.15, -0.1) is 0 Å². The standard InChI is InChI=1S/C13H18N2O2/c1-15(9-4-2-3-5-9)10-6-7-11(13(16)17)12(14)8-10/h6-9H,2-5,14H2,1H3,(H,16,17). The van der Waals surface area contributed by atoms with E-state index in [4.69, 9.17) is 10.8 Å². The molecule has 1 aliphatic carbocycles. The van der Waals surface area contributed by atoms with Crippen molar-refractivity contribution in [3.05, 3.63) is 23.8 Å². The number of hydrogen-bond donors (Lipinski definition) is 2.